The lowest BCUT2D eigenvalue weighted by Gasteiger charge is -2.25. The largest absolute Gasteiger partial charge is 0.442 e. The number of rotatable bonds is 8. The SMILES string of the molecule is O=C(CCC(=O)c1cccs1)NCC1CN(c2ccc(C3CNCCO3)c(F)c2)C(=O)O1. The van der Waals surface area contributed by atoms with Gasteiger partial charge in [0.2, 0.25) is 5.91 Å². The van der Waals surface area contributed by atoms with Crippen molar-refractivity contribution in [2.45, 2.75) is 25.0 Å². The van der Waals surface area contributed by atoms with Crippen molar-refractivity contribution in [3.8, 4) is 0 Å². The average Bonchev–Trinajstić information content (AvgIpc) is 3.46. The molecule has 0 spiro atoms. The van der Waals surface area contributed by atoms with Crippen LogP contribution in [-0.2, 0) is 14.3 Å². The molecule has 170 valence electrons. The van der Waals surface area contributed by atoms with Crippen LogP contribution in [0.15, 0.2) is 35.7 Å². The minimum atomic E-state index is -0.597. The molecular weight excluding hydrogens is 437 g/mol. The summed E-state index contributed by atoms with van der Waals surface area (Å²) < 4.78 is 25.5. The van der Waals surface area contributed by atoms with Crippen LogP contribution in [0.25, 0.3) is 0 Å². The predicted molar refractivity (Wildman–Crippen MR) is 116 cm³/mol. The number of thiophene rings is 1. The van der Waals surface area contributed by atoms with Crippen molar-refractivity contribution in [1.29, 1.82) is 0 Å². The number of benzene rings is 1. The summed E-state index contributed by atoms with van der Waals surface area (Å²) in [6, 6.07) is 8.10. The maximum Gasteiger partial charge on any atom is 0.414 e. The van der Waals surface area contributed by atoms with Gasteiger partial charge in [0.15, 0.2) is 5.78 Å². The van der Waals surface area contributed by atoms with Gasteiger partial charge >= 0.3 is 6.09 Å². The van der Waals surface area contributed by atoms with Crippen molar-refractivity contribution < 1.29 is 28.2 Å². The lowest BCUT2D eigenvalue weighted by atomic mass is 10.1. The summed E-state index contributed by atoms with van der Waals surface area (Å²) in [5.41, 5.74) is 0.824. The monoisotopic (exact) mass is 461 g/mol. The Hall–Kier alpha value is -2.82. The van der Waals surface area contributed by atoms with Crippen molar-refractivity contribution >= 4 is 34.8 Å². The van der Waals surface area contributed by atoms with Crippen LogP contribution in [0.1, 0.15) is 34.2 Å². The molecule has 0 aliphatic carbocycles. The fourth-order valence-corrected chi connectivity index (χ4v) is 4.35. The molecule has 1 aromatic heterocycles. The number of hydrogen-bond acceptors (Lipinski definition) is 7. The summed E-state index contributed by atoms with van der Waals surface area (Å²) in [4.78, 5) is 38.3. The highest BCUT2D eigenvalue weighted by Gasteiger charge is 2.33. The van der Waals surface area contributed by atoms with E-state index in [1.54, 1.807) is 24.3 Å². The van der Waals surface area contributed by atoms with Gasteiger partial charge in [0, 0.05) is 31.5 Å². The Bertz CT molecular complexity index is 978. The van der Waals surface area contributed by atoms with Crippen molar-refractivity contribution in [2.24, 2.45) is 0 Å². The predicted octanol–water partition coefficient (Wildman–Crippen LogP) is 2.65. The highest BCUT2D eigenvalue weighted by atomic mass is 32.1. The third-order valence-electron chi connectivity index (χ3n) is 5.35. The molecule has 2 amide bonds. The smallest absolute Gasteiger partial charge is 0.414 e. The minimum Gasteiger partial charge on any atom is -0.442 e. The van der Waals surface area contributed by atoms with E-state index in [1.807, 2.05) is 5.38 Å². The second kappa shape index (κ2) is 10.2. The van der Waals surface area contributed by atoms with E-state index in [9.17, 15) is 18.8 Å². The van der Waals surface area contributed by atoms with E-state index in [4.69, 9.17) is 9.47 Å². The van der Waals surface area contributed by atoms with Crippen LogP contribution >= 0.6 is 11.3 Å². The summed E-state index contributed by atoms with van der Waals surface area (Å²) in [5, 5.41) is 7.67. The molecule has 0 saturated carbocycles. The Morgan fingerprint density at radius 1 is 1.28 bits per heavy atom. The van der Waals surface area contributed by atoms with Crippen molar-refractivity contribution in [3.05, 3.63) is 52.0 Å². The fourth-order valence-electron chi connectivity index (χ4n) is 3.65. The van der Waals surface area contributed by atoms with Gasteiger partial charge in [-0.25, -0.2) is 9.18 Å². The molecule has 2 fully saturated rings. The third kappa shape index (κ3) is 5.32. The fraction of sp³-hybridized carbons (Fsp3) is 0.409. The molecule has 0 radical (unpaired) electrons. The van der Waals surface area contributed by atoms with Gasteiger partial charge in [-0.2, -0.15) is 0 Å². The number of hydrogen-bond donors (Lipinski definition) is 2. The van der Waals surface area contributed by atoms with Gasteiger partial charge in [0.25, 0.3) is 0 Å². The third-order valence-corrected chi connectivity index (χ3v) is 6.26. The van der Waals surface area contributed by atoms with E-state index in [0.717, 1.165) is 6.54 Å². The van der Waals surface area contributed by atoms with Crippen LogP contribution in [-0.4, -0.2) is 56.7 Å². The Morgan fingerprint density at radius 2 is 2.16 bits per heavy atom. The zero-order valence-corrected chi connectivity index (χ0v) is 18.2. The maximum atomic E-state index is 14.6. The van der Waals surface area contributed by atoms with Crippen LogP contribution in [0.5, 0.6) is 0 Å². The zero-order valence-electron chi connectivity index (χ0n) is 17.3. The average molecular weight is 462 g/mol. The van der Waals surface area contributed by atoms with E-state index < -0.39 is 18.0 Å². The molecule has 2 unspecified atom stereocenters. The van der Waals surface area contributed by atoms with Gasteiger partial charge in [-0.05, 0) is 23.6 Å². The lowest BCUT2D eigenvalue weighted by Crippen LogP contribution is -2.35. The first kappa shape index (κ1) is 22.4. The molecule has 8 nitrogen and oxygen atoms in total. The van der Waals surface area contributed by atoms with E-state index in [0.29, 0.717) is 29.3 Å². The van der Waals surface area contributed by atoms with Crippen LogP contribution in [0.2, 0.25) is 0 Å². The molecule has 2 aliphatic rings. The summed E-state index contributed by atoms with van der Waals surface area (Å²) in [7, 11) is 0. The number of nitrogens with one attached hydrogen (secondary N) is 2. The second-order valence-corrected chi connectivity index (χ2v) is 8.54. The number of ketones is 1. The molecule has 10 heteroatoms. The van der Waals surface area contributed by atoms with Gasteiger partial charge in [-0.15, -0.1) is 11.3 Å². The van der Waals surface area contributed by atoms with Crippen molar-refractivity contribution in [3.63, 3.8) is 0 Å². The summed E-state index contributed by atoms with van der Waals surface area (Å²) in [5.74, 6) is -0.814. The number of nitrogens with zero attached hydrogens (tertiary/aromatic N) is 1. The Morgan fingerprint density at radius 3 is 2.88 bits per heavy atom. The second-order valence-electron chi connectivity index (χ2n) is 7.59. The first-order valence-electron chi connectivity index (χ1n) is 10.4. The molecular formula is C22H24FN3O5S. The lowest BCUT2D eigenvalue weighted by molar-refractivity contribution is -0.121. The first-order chi connectivity index (χ1) is 15.5. The molecule has 2 aliphatic heterocycles. The first-order valence-corrected chi connectivity index (χ1v) is 11.3. The number of ether oxygens (including phenoxy) is 2. The molecule has 2 atom stereocenters. The molecule has 2 N–H and O–H groups in total. The van der Waals surface area contributed by atoms with Crippen LogP contribution in [0.3, 0.4) is 0 Å². The number of carbonyl (C=O) groups excluding carboxylic acids is 3. The molecule has 4 rings (SSSR count). The molecule has 1 aromatic carbocycles. The van der Waals surface area contributed by atoms with Gasteiger partial charge in [-0.3, -0.25) is 14.5 Å². The van der Waals surface area contributed by atoms with Gasteiger partial charge in [-0.1, -0.05) is 12.1 Å². The minimum absolute atomic E-state index is 0.0614. The zero-order chi connectivity index (χ0) is 22.5. The standard InChI is InChI=1S/C22H24FN3O5S/c23-17-10-14(3-4-16(17)19-12-24-7-8-30-19)26-13-15(31-22(26)29)11-25-21(28)6-5-18(27)20-2-1-9-32-20/h1-4,9-10,15,19,24H,5-8,11-13H2,(H,25,28). The van der Waals surface area contributed by atoms with Crippen LogP contribution in [0, 0.1) is 5.82 Å². The number of cyclic esters (lactones) is 1. The number of Topliss-reactive ketones (excluding diaryl/α,β-unsaturated/α-hetero) is 1. The quantitative estimate of drug-likeness (QED) is 0.587. The number of carbonyl (C=O) groups is 3. The maximum absolute atomic E-state index is 14.6. The Balaban J connectivity index is 1.27. The number of anilines is 1. The highest BCUT2D eigenvalue weighted by Crippen LogP contribution is 2.28. The molecule has 2 aromatic rings. The summed E-state index contributed by atoms with van der Waals surface area (Å²) in [6.45, 7) is 2.09. The topological polar surface area (TPSA) is 97.0 Å². The van der Waals surface area contributed by atoms with E-state index >= 15 is 0 Å². The number of halogens is 1. The Labute approximate surface area is 188 Å². The summed E-state index contributed by atoms with van der Waals surface area (Å²) >= 11 is 1.34. The van der Waals surface area contributed by atoms with Gasteiger partial charge in [0.05, 0.1) is 36.4 Å². The Kier molecular flexibility index (Phi) is 7.13. The van der Waals surface area contributed by atoms with E-state index in [1.165, 1.54) is 22.3 Å². The van der Waals surface area contributed by atoms with Crippen molar-refractivity contribution in [1.82, 2.24) is 10.6 Å². The number of amides is 2. The highest BCUT2D eigenvalue weighted by molar-refractivity contribution is 7.12. The van der Waals surface area contributed by atoms with Crippen LogP contribution in [0.4, 0.5) is 14.9 Å². The number of morpholine rings is 1. The van der Waals surface area contributed by atoms with E-state index in [2.05, 4.69) is 10.6 Å². The van der Waals surface area contributed by atoms with Gasteiger partial charge < -0.3 is 20.1 Å². The molecule has 0 bridgehead atoms. The molecule has 32 heavy (non-hydrogen) atoms. The molecule has 3 heterocycles. The molecule has 2 saturated heterocycles. The normalized spacial score (nSPS) is 20.8. The van der Waals surface area contributed by atoms with Crippen LogP contribution < -0.4 is 15.5 Å². The van der Waals surface area contributed by atoms with E-state index in [-0.39, 0.29) is 43.7 Å². The van der Waals surface area contributed by atoms with Gasteiger partial charge in [0.1, 0.15) is 11.9 Å². The summed E-state index contributed by atoms with van der Waals surface area (Å²) in [6.07, 6.45) is -1.34. The van der Waals surface area contributed by atoms with Crippen molar-refractivity contribution in [2.75, 3.05) is 37.7 Å².